The van der Waals surface area contributed by atoms with Crippen LogP contribution in [0.1, 0.15) is 35.2 Å². The maximum atomic E-state index is 13.1. The highest BCUT2D eigenvalue weighted by Crippen LogP contribution is 2.32. The van der Waals surface area contributed by atoms with Gasteiger partial charge >= 0.3 is 6.18 Å². The lowest BCUT2D eigenvalue weighted by Crippen LogP contribution is -2.34. The van der Waals surface area contributed by atoms with Gasteiger partial charge in [-0.2, -0.15) is 13.2 Å². The first-order chi connectivity index (χ1) is 12.4. The van der Waals surface area contributed by atoms with Crippen LogP contribution in [0, 0.1) is 0 Å². The van der Waals surface area contributed by atoms with Crippen LogP contribution in [0.5, 0.6) is 0 Å². The van der Waals surface area contributed by atoms with Crippen LogP contribution in [0.15, 0.2) is 30.4 Å². The van der Waals surface area contributed by atoms with Gasteiger partial charge in [0, 0.05) is 23.5 Å². The molecule has 148 valence electrons. The Morgan fingerprint density at radius 2 is 1.93 bits per heavy atom. The van der Waals surface area contributed by atoms with E-state index >= 15 is 0 Å². The number of alkyl halides is 3. The number of amides is 2. The molecule has 10 heteroatoms. The number of anilines is 1. The molecule has 0 heterocycles. The van der Waals surface area contributed by atoms with Crippen molar-refractivity contribution in [3.8, 4) is 0 Å². The number of halogens is 3. The highest BCUT2D eigenvalue weighted by atomic mass is 32.2. The third kappa shape index (κ3) is 6.70. The van der Waals surface area contributed by atoms with Crippen molar-refractivity contribution in [2.45, 2.75) is 31.5 Å². The summed E-state index contributed by atoms with van der Waals surface area (Å²) in [6.45, 7) is 0. The average molecular weight is 404 g/mol. The molecule has 0 radical (unpaired) electrons. The molecular formula is C17H19F3N2O4S. The monoisotopic (exact) mass is 404 g/mol. The molecule has 2 N–H and O–H groups in total. The highest BCUT2D eigenvalue weighted by Gasteiger charge is 2.32. The summed E-state index contributed by atoms with van der Waals surface area (Å²) < 4.78 is 61.7. The summed E-state index contributed by atoms with van der Waals surface area (Å²) in [6.07, 6.45) is 2.18. The van der Waals surface area contributed by atoms with Crippen LogP contribution in [0.3, 0.4) is 0 Å². The van der Waals surface area contributed by atoms with Gasteiger partial charge in [-0.1, -0.05) is 12.2 Å². The molecular weight excluding hydrogens is 385 g/mol. The maximum absolute atomic E-state index is 13.1. The number of sulfone groups is 1. The van der Waals surface area contributed by atoms with E-state index in [1.165, 1.54) is 0 Å². The van der Waals surface area contributed by atoms with Crippen molar-refractivity contribution in [1.29, 1.82) is 0 Å². The van der Waals surface area contributed by atoms with E-state index in [0.717, 1.165) is 25.2 Å². The Morgan fingerprint density at radius 1 is 1.22 bits per heavy atom. The van der Waals surface area contributed by atoms with Crippen LogP contribution in [0.2, 0.25) is 0 Å². The number of hydrogen-bond acceptors (Lipinski definition) is 4. The zero-order valence-electron chi connectivity index (χ0n) is 14.5. The van der Waals surface area contributed by atoms with Crippen LogP contribution in [-0.2, 0) is 20.8 Å². The van der Waals surface area contributed by atoms with E-state index in [-0.39, 0.29) is 17.3 Å². The quantitative estimate of drug-likeness (QED) is 0.738. The summed E-state index contributed by atoms with van der Waals surface area (Å²) >= 11 is 0. The average Bonchev–Trinajstić information content (AvgIpc) is 2.52. The first-order valence-electron chi connectivity index (χ1n) is 8.11. The molecule has 0 aliphatic heterocycles. The third-order valence-electron chi connectivity index (χ3n) is 3.77. The van der Waals surface area contributed by atoms with Gasteiger partial charge in [-0.25, -0.2) is 8.42 Å². The van der Waals surface area contributed by atoms with E-state index in [9.17, 15) is 31.2 Å². The topological polar surface area (TPSA) is 92.3 Å². The van der Waals surface area contributed by atoms with Gasteiger partial charge in [0.25, 0.3) is 5.91 Å². The number of carbonyl (C=O) groups is 2. The molecule has 1 aromatic rings. The fourth-order valence-corrected chi connectivity index (χ4v) is 3.16. The van der Waals surface area contributed by atoms with Gasteiger partial charge in [0.1, 0.15) is 5.75 Å². The molecule has 0 saturated carbocycles. The summed E-state index contributed by atoms with van der Waals surface area (Å²) in [7, 11) is -3.65. The fraction of sp³-hybridized carbons (Fsp3) is 0.412. The summed E-state index contributed by atoms with van der Waals surface area (Å²) in [5.74, 6) is -2.58. The minimum Gasteiger partial charge on any atom is -0.346 e. The molecule has 27 heavy (non-hydrogen) atoms. The molecule has 6 nitrogen and oxygen atoms in total. The second-order valence-corrected chi connectivity index (χ2v) is 8.49. The molecule has 0 spiro atoms. The van der Waals surface area contributed by atoms with Gasteiger partial charge in [0.05, 0.1) is 5.56 Å². The summed E-state index contributed by atoms with van der Waals surface area (Å²) in [5, 5.41) is 4.73. The van der Waals surface area contributed by atoms with E-state index in [4.69, 9.17) is 0 Å². The Labute approximate surface area is 154 Å². The number of hydrogen-bond donors (Lipinski definition) is 2. The minimum atomic E-state index is -4.74. The number of benzene rings is 1. The molecule has 1 atom stereocenters. The van der Waals surface area contributed by atoms with E-state index in [2.05, 4.69) is 10.6 Å². The minimum absolute atomic E-state index is 0.274. The number of allylic oxidation sites excluding steroid dienone is 1. The van der Waals surface area contributed by atoms with Gasteiger partial charge in [-0.3, -0.25) is 9.59 Å². The van der Waals surface area contributed by atoms with Gasteiger partial charge in [0.15, 0.2) is 9.84 Å². The van der Waals surface area contributed by atoms with Crippen LogP contribution in [0.25, 0.3) is 0 Å². The molecule has 2 amide bonds. The van der Waals surface area contributed by atoms with Crippen LogP contribution < -0.4 is 10.6 Å². The van der Waals surface area contributed by atoms with E-state index < -0.39 is 39.1 Å². The smallest absolute Gasteiger partial charge is 0.346 e. The number of nitrogens with one attached hydrogen (secondary N) is 2. The second kappa shape index (κ2) is 8.12. The van der Waals surface area contributed by atoms with Crippen LogP contribution in [0.4, 0.5) is 18.9 Å². The van der Waals surface area contributed by atoms with Crippen molar-refractivity contribution in [3.05, 3.63) is 41.5 Å². The van der Waals surface area contributed by atoms with E-state index in [1.807, 2.05) is 6.08 Å². The van der Waals surface area contributed by atoms with Crippen molar-refractivity contribution in [2.75, 3.05) is 17.3 Å². The van der Waals surface area contributed by atoms with Gasteiger partial charge in [0.2, 0.25) is 5.91 Å². The molecule has 1 unspecified atom stereocenters. The maximum Gasteiger partial charge on any atom is 0.416 e. The Kier molecular flexibility index (Phi) is 6.30. The standard InChI is InChI=1S/C17H19F3N2O4S/c1-27(25,26)10-15(23)21-14-8-11(7-12(9-14)17(18,19)20)16(24)22-13-5-3-2-4-6-13/h3,5,7-9,13H,2,4,6,10H2,1H3,(H,21,23)(H,22,24). The Bertz CT molecular complexity index is 863. The third-order valence-corrected chi connectivity index (χ3v) is 4.56. The predicted octanol–water partition coefficient (Wildman–Crippen LogP) is 2.53. The van der Waals surface area contributed by atoms with E-state index in [0.29, 0.717) is 18.6 Å². The zero-order valence-corrected chi connectivity index (χ0v) is 15.3. The lowest BCUT2D eigenvalue weighted by Gasteiger charge is -2.19. The van der Waals surface area contributed by atoms with Crippen LogP contribution >= 0.6 is 0 Å². The van der Waals surface area contributed by atoms with Crippen LogP contribution in [-0.4, -0.2) is 38.3 Å². The van der Waals surface area contributed by atoms with Crippen molar-refractivity contribution in [3.63, 3.8) is 0 Å². The Balaban J connectivity index is 2.27. The van der Waals surface area contributed by atoms with Crippen molar-refractivity contribution >= 4 is 27.3 Å². The molecule has 1 aromatic carbocycles. The molecule has 1 aliphatic carbocycles. The highest BCUT2D eigenvalue weighted by molar-refractivity contribution is 7.91. The largest absolute Gasteiger partial charge is 0.416 e. The summed E-state index contributed by atoms with van der Waals surface area (Å²) in [5.41, 5.74) is -1.70. The lowest BCUT2D eigenvalue weighted by molar-refractivity contribution is -0.137. The normalized spacial score (nSPS) is 17.4. The molecule has 0 fully saturated rings. The van der Waals surface area contributed by atoms with E-state index in [1.54, 1.807) is 6.08 Å². The molecule has 1 aliphatic rings. The summed E-state index contributed by atoms with van der Waals surface area (Å²) in [6, 6.07) is 2.15. The molecule has 0 bridgehead atoms. The lowest BCUT2D eigenvalue weighted by atomic mass is 10.0. The Hall–Kier alpha value is -2.36. The first-order valence-corrected chi connectivity index (χ1v) is 10.2. The zero-order chi connectivity index (χ0) is 20.2. The van der Waals surface area contributed by atoms with Crippen molar-refractivity contribution in [1.82, 2.24) is 5.32 Å². The summed E-state index contributed by atoms with van der Waals surface area (Å²) in [4.78, 5) is 24.0. The van der Waals surface area contributed by atoms with Crippen molar-refractivity contribution in [2.24, 2.45) is 0 Å². The molecule has 0 aromatic heterocycles. The van der Waals surface area contributed by atoms with Gasteiger partial charge in [-0.15, -0.1) is 0 Å². The molecule has 2 rings (SSSR count). The van der Waals surface area contributed by atoms with Gasteiger partial charge in [-0.05, 0) is 37.5 Å². The van der Waals surface area contributed by atoms with Gasteiger partial charge < -0.3 is 10.6 Å². The predicted molar refractivity (Wildman–Crippen MR) is 94.0 cm³/mol. The first kappa shape index (κ1) is 20.9. The number of rotatable bonds is 5. The Morgan fingerprint density at radius 3 is 2.48 bits per heavy atom. The number of carbonyl (C=O) groups excluding carboxylic acids is 2. The second-order valence-electron chi connectivity index (χ2n) is 6.35. The fourth-order valence-electron chi connectivity index (χ4n) is 2.61. The molecule has 0 saturated heterocycles. The SMILES string of the molecule is CS(=O)(=O)CC(=O)Nc1cc(C(=O)NC2C=CCCC2)cc(C(F)(F)F)c1. The van der Waals surface area contributed by atoms with Crippen molar-refractivity contribution < 1.29 is 31.2 Å².